The van der Waals surface area contributed by atoms with Gasteiger partial charge in [0.1, 0.15) is 0 Å². The van der Waals surface area contributed by atoms with Gasteiger partial charge in [-0.05, 0) is 102 Å². The van der Waals surface area contributed by atoms with Crippen molar-refractivity contribution in [1.82, 2.24) is 0 Å². The van der Waals surface area contributed by atoms with Crippen molar-refractivity contribution < 1.29 is 0 Å². The molecule has 1 spiro atoms. The fraction of sp³-hybridized carbons (Fsp3) is 0.128. The Morgan fingerprint density at radius 3 is 1.74 bits per heavy atom. The van der Waals surface area contributed by atoms with Gasteiger partial charge in [-0.25, -0.2) is 0 Å². The van der Waals surface area contributed by atoms with E-state index in [1.807, 2.05) is 0 Å². The first-order valence-electron chi connectivity index (χ1n) is 14.3. The van der Waals surface area contributed by atoms with Crippen molar-refractivity contribution in [2.45, 2.75) is 31.1 Å². The van der Waals surface area contributed by atoms with Crippen LogP contribution in [0.15, 0.2) is 121 Å². The maximum Gasteiger partial charge on any atom is 0.0215 e. The molecule has 0 radical (unpaired) electrons. The number of benzene rings is 7. The molecule has 39 heavy (non-hydrogen) atoms. The van der Waals surface area contributed by atoms with Gasteiger partial charge in [0, 0.05) is 5.41 Å². The van der Waals surface area contributed by atoms with Gasteiger partial charge in [0.05, 0.1) is 0 Å². The van der Waals surface area contributed by atoms with E-state index in [1.54, 1.807) is 11.1 Å². The zero-order chi connectivity index (χ0) is 25.6. The van der Waals surface area contributed by atoms with E-state index in [4.69, 9.17) is 0 Å². The van der Waals surface area contributed by atoms with Gasteiger partial charge in [0.25, 0.3) is 0 Å². The second kappa shape index (κ2) is 7.80. The third-order valence-corrected chi connectivity index (χ3v) is 9.76. The number of fused-ring (bicyclic) bond motifs is 5. The highest BCUT2D eigenvalue weighted by Crippen LogP contribution is 2.58. The molecule has 0 unspecified atom stereocenters. The lowest BCUT2D eigenvalue weighted by Crippen LogP contribution is -2.20. The summed E-state index contributed by atoms with van der Waals surface area (Å²) in [6.45, 7) is 0. The van der Waals surface area contributed by atoms with Gasteiger partial charge in [-0.2, -0.15) is 0 Å². The van der Waals surface area contributed by atoms with Crippen LogP contribution < -0.4 is 0 Å². The molecule has 0 aliphatic heterocycles. The predicted molar refractivity (Wildman–Crippen MR) is 166 cm³/mol. The van der Waals surface area contributed by atoms with Gasteiger partial charge >= 0.3 is 0 Å². The smallest absolute Gasteiger partial charge is 0.0215 e. The van der Waals surface area contributed by atoms with Crippen LogP contribution >= 0.6 is 0 Å². The summed E-state index contributed by atoms with van der Waals surface area (Å²) in [5.74, 6) is 0. The van der Waals surface area contributed by atoms with E-state index in [9.17, 15) is 0 Å². The molecule has 1 fully saturated rings. The summed E-state index contributed by atoms with van der Waals surface area (Å²) in [6.07, 6.45) is 5.09. The Bertz CT molecular complexity index is 2040. The van der Waals surface area contributed by atoms with Crippen LogP contribution in [-0.4, -0.2) is 0 Å². The molecular formula is C39H28. The summed E-state index contributed by atoms with van der Waals surface area (Å²) in [5, 5.41) is 8.13. The summed E-state index contributed by atoms with van der Waals surface area (Å²) in [5.41, 5.74) is 11.4. The van der Waals surface area contributed by atoms with Crippen molar-refractivity contribution in [2.75, 3.05) is 0 Å². The molecule has 0 heteroatoms. The van der Waals surface area contributed by atoms with E-state index in [0.29, 0.717) is 0 Å². The van der Waals surface area contributed by atoms with Gasteiger partial charge in [0.15, 0.2) is 0 Å². The second-order valence-electron chi connectivity index (χ2n) is 11.6. The van der Waals surface area contributed by atoms with Gasteiger partial charge in [-0.3, -0.25) is 0 Å². The highest BCUT2D eigenvalue weighted by Gasteiger charge is 2.45. The molecule has 0 nitrogen and oxygen atoms in total. The van der Waals surface area contributed by atoms with Crippen LogP contribution in [0.4, 0.5) is 0 Å². The molecule has 1 saturated carbocycles. The Hall–Kier alpha value is -4.42. The predicted octanol–water partition coefficient (Wildman–Crippen LogP) is 10.8. The standard InChI is InChI=1S/C39H28/c1-2-7-25(8-3-1)29-15-18-32-33-19-16-30(24-36(33)39(35(32)23-29)21-4-5-22-39)31-17-13-28-12-11-26-9-6-10-27-14-20-34(31)38(28)37(26)27/h1-3,6-20,23-24H,4-5,21-22H2. The van der Waals surface area contributed by atoms with Crippen molar-refractivity contribution in [2.24, 2.45) is 0 Å². The molecule has 7 aromatic carbocycles. The van der Waals surface area contributed by atoms with Crippen LogP contribution in [0.3, 0.4) is 0 Å². The molecule has 0 saturated heterocycles. The Balaban J connectivity index is 1.26. The molecule has 0 N–H and O–H groups in total. The molecule has 0 aromatic heterocycles. The Morgan fingerprint density at radius 2 is 1.00 bits per heavy atom. The first kappa shape index (κ1) is 21.5. The summed E-state index contributed by atoms with van der Waals surface area (Å²) in [6, 6.07) is 45.9. The van der Waals surface area contributed by atoms with Gasteiger partial charge in [0.2, 0.25) is 0 Å². The monoisotopic (exact) mass is 496 g/mol. The maximum atomic E-state index is 2.55. The first-order valence-corrected chi connectivity index (χ1v) is 14.3. The Kier molecular flexibility index (Phi) is 4.30. The lowest BCUT2D eigenvalue weighted by Gasteiger charge is -2.27. The van der Waals surface area contributed by atoms with Crippen LogP contribution in [0.5, 0.6) is 0 Å². The van der Waals surface area contributed by atoms with Crippen molar-refractivity contribution in [1.29, 1.82) is 0 Å². The highest BCUT2D eigenvalue weighted by molar-refractivity contribution is 6.25. The van der Waals surface area contributed by atoms with Crippen LogP contribution in [0.25, 0.3) is 65.7 Å². The number of hydrogen-bond acceptors (Lipinski definition) is 0. The molecule has 9 rings (SSSR count). The molecule has 2 aliphatic carbocycles. The second-order valence-corrected chi connectivity index (χ2v) is 11.6. The molecule has 184 valence electrons. The molecule has 2 aliphatic rings. The third kappa shape index (κ3) is 2.89. The minimum Gasteiger partial charge on any atom is -0.0622 e. The third-order valence-electron chi connectivity index (χ3n) is 9.76. The maximum absolute atomic E-state index is 2.55. The zero-order valence-electron chi connectivity index (χ0n) is 21.9. The molecule has 0 heterocycles. The van der Waals surface area contributed by atoms with E-state index in [1.165, 1.54) is 91.4 Å². The average molecular weight is 497 g/mol. The lowest BCUT2D eigenvalue weighted by atomic mass is 9.75. The molecular weight excluding hydrogens is 468 g/mol. The van der Waals surface area contributed by atoms with Crippen LogP contribution in [-0.2, 0) is 5.41 Å². The van der Waals surface area contributed by atoms with E-state index in [0.717, 1.165) is 0 Å². The topological polar surface area (TPSA) is 0 Å². The van der Waals surface area contributed by atoms with E-state index < -0.39 is 0 Å². The molecule has 7 aromatic rings. The molecule has 0 amide bonds. The number of hydrogen-bond donors (Lipinski definition) is 0. The zero-order valence-corrected chi connectivity index (χ0v) is 21.9. The fourth-order valence-corrected chi connectivity index (χ4v) is 7.98. The van der Waals surface area contributed by atoms with Crippen molar-refractivity contribution in [3.63, 3.8) is 0 Å². The Morgan fingerprint density at radius 1 is 0.410 bits per heavy atom. The van der Waals surface area contributed by atoms with Gasteiger partial charge < -0.3 is 0 Å². The van der Waals surface area contributed by atoms with Gasteiger partial charge in [-0.1, -0.05) is 122 Å². The van der Waals surface area contributed by atoms with Gasteiger partial charge in [-0.15, -0.1) is 0 Å². The van der Waals surface area contributed by atoms with E-state index in [2.05, 4.69) is 121 Å². The van der Waals surface area contributed by atoms with E-state index >= 15 is 0 Å². The van der Waals surface area contributed by atoms with Crippen molar-refractivity contribution in [3.8, 4) is 33.4 Å². The number of rotatable bonds is 2. The first-order chi connectivity index (χ1) is 19.3. The summed E-state index contributed by atoms with van der Waals surface area (Å²) in [7, 11) is 0. The quantitative estimate of drug-likeness (QED) is 0.209. The van der Waals surface area contributed by atoms with Crippen molar-refractivity contribution >= 4 is 32.3 Å². The van der Waals surface area contributed by atoms with Crippen LogP contribution in [0.2, 0.25) is 0 Å². The molecule has 0 bridgehead atoms. The normalized spacial score (nSPS) is 15.5. The summed E-state index contributed by atoms with van der Waals surface area (Å²) >= 11 is 0. The summed E-state index contributed by atoms with van der Waals surface area (Å²) < 4.78 is 0. The van der Waals surface area contributed by atoms with Crippen LogP contribution in [0, 0.1) is 0 Å². The fourth-order valence-electron chi connectivity index (χ4n) is 7.98. The largest absolute Gasteiger partial charge is 0.0622 e. The van der Waals surface area contributed by atoms with Crippen molar-refractivity contribution in [3.05, 3.63) is 132 Å². The minimum absolute atomic E-state index is 0.134. The SMILES string of the molecule is c1ccc(-c2ccc3c(c2)C2(CCCC2)c2cc(-c4ccc5ccc6cccc7ccc4c5c67)ccc2-3)cc1. The summed E-state index contributed by atoms with van der Waals surface area (Å²) in [4.78, 5) is 0. The molecule has 0 atom stereocenters. The van der Waals surface area contributed by atoms with Crippen LogP contribution in [0.1, 0.15) is 36.8 Å². The highest BCUT2D eigenvalue weighted by atomic mass is 14.5. The Labute approximate surface area is 228 Å². The van der Waals surface area contributed by atoms with E-state index in [-0.39, 0.29) is 5.41 Å². The lowest BCUT2D eigenvalue weighted by molar-refractivity contribution is 0.550. The minimum atomic E-state index is 0.134. The average Bonchev–Trinajstić information content (AvgIpc) is 3.60.